The van der Waals surface area contributed by atoms with E-state index in [1.54, 1.807) is 36.4 Å². The van der Waals surface area contributed by atoms with Crippen LogP contribution in [0.2, 0.25) is 5.02 Å². The van der Waals surface area contributed by atoms with Crippen LogP contribution in [0, 0.1) is 0 Å². The number of carbonyl (C=O) groups is 2. The van der Waals surface area contributed by atoms with Gasteiger partial charge in [-0.3, -0.25) is 9.59 Å². The lowest BCUT2D eigenvalue weighted by Crippen LogP contribution is -2.44. The van der Waals surface area contributed by atoms with Gasteiger partial charge in [0.05, 0.1) is 5.69 Å². The van der Waals surface area contributed by atoms with Gasteiger partial charge in [0.25, 0.3) is 0 Å². The first-order chi connectivity index (χ1) is 19.4. The Labute approximate surface area is 237 Å². The molecular formula is C27H22ClN9O2S. The Morgan fingerprint density at radius 2 is 1.85 bits per heavy atom. The second-order valence-electron chi connectivity index (χ2n) is 8.55. The van der Waals surface area contributed by atoms with Crippen LogP contribution < -0.4 is 16.4 Å². The van der Waals surface area contributed by atoms with Crippen LogP contribution >= 0.6 is 22.9 Å². The van der Waals surface area contributed by atoms with Gasteiger partial charge in [0.15, 0.2) is 0 Å². The van der Waals surface area contributed by atoms with Crippen LogP contribution in [0.5, 0.6) is 0 Å². The summed E-state index contributed by atoms with van der Waals surface area (Å²) in [6.07, 6.45) is 4.67. The number of rotatable bonds is 9. The molecule has 200 valence electrons. The molecule has 2 aromatic heterocycles. The number of nitrogens with zero attached hydrogens (tertiary/aromatic N) is 6. The van der Waals surface area contributed by atoms with Crippen LogP contribution in [0.1, 0.15) is 11.1 Å². The number of benzene rings is 3. The molecule has 0 saturated carbocycles. The summed E-state index contributed by atoms with van der Waals surface area (Å²) in [5, 5.41) is 26.3. The fraction of sp³-hybridized carbons (Fsp3) is 0.0741. The summed E-state index contributed by atoms with van der Waals surface area (Å²) in [6.45, 7) is 0. The number of carbonyl (C=O) groups excluding carboxylic acids is 2. The Kier molecular flexibility index (Phi) is 8.18. The molecule has 0 spiro atoms. The molecule has 5 aromatic rings. The first-order valence-electron chi connectivity index (χ1n) is 12.0. The maximum Gasteiger partial charge on any atom is 0.247 e. The van der Waals surface area contributed by atoms with Gasteiger partial charge in [0, 0.05) is 34.3 Å². The SMILES string of the molecule is Nc1nnc(-c2ccc(NC(=O)C(Cc3ccccc3)NC(=O)C=Cc3cc(Cl)ccc3-n3cnnn3)cc2)s1. The maximum atomic E-state index is 13.3. The van der Waals surface area contributed by atoms with Gasteiger partial charge in [0.1, 0.15) is 17.4 Å². The van der Waals surface area contributed by atoms with E-state index in [0.717, 1.165) is 11.1 Å². The molecule has 11 nitrogen and oxygen atoms in total. The summed E-state index contributed by atoms with van der Waals surface area (Å²) in [5.41, 5.74) is 9.22. The lowest BCUT2D eigenvalue weighted by Gasteiger charge is -2.18. The predicted octanol–water partition coefficient (Wildman–Crippen LogP) is 3.80. The molecule has 5 rings (SSSR count). The zero-order valence-electron chi connectivity index (χ0n) is 20.8. The van der Waals surface area contributed by atoms with Crippen LogP contribution in [0.3, 0.4) is 0 Å². The summed E-state index contributed by atoms with van der Waals surface area (Å²) < 4.78 is 1.46. The number of halogens is 1. The van der Waals surface area contributed by atoms with Gasteiger partial charge in [-0.15, -0.1) is 15.3 Å². The molecule has 0 aliphatic rings. The summed E-state index contributed by atoms with van der Waals surface area (Å²) in [7, 11) is 0. The third kappa shape index (κ3) is 6.73. The Morgan fingerprint density at radius 3 is 2.55 bits per heavy atom. The molecule has 0 radical (unpaired) electrons. The van der Waals surface area contributed by atoms with Crippen molar-refractivity contribution in [3.8, 4) is 16.3 Å². The average Bonchev–Trinajstić information content (AvgIpc) is 3.65. The molecule has 3 aromatic carbocycles. The van der Waals surface area contributed by atoms with E-state index in [2.05, 4.69) is 36.4 Å². The van der Waals surface area contributed by atoms with Crippen LogP contribution in [0.25, 0.3) is 22.3 Å². The monoisotopic (exact) mass is 571 g/mol. The van der Waals surface area contributed by atoms with Crippen molar-refractivity contribution < 1.29 is 9.59 Å². The molecule has 1 unspecified atom stereocenters. The smallest absolute Gasteiger partial charge is 0.247 e. The second-order valence-corrected chi connectivity index (χ2v) is 10.00. The molecule has 4 N–H and O–H groups in total. The molecular weight excluding hydrogens is 550 g/mol. The van der Waals surface area contributed by atoms with Crippen molar-refractivity contribution in [3.63, 3.8) is 0 Å². The largest absolute Gasteiger partial charge is 0.374 e. The number of nitrogen functional groups attached to an aromatic ring is 1. The Bertz CT molecular complexity index is 1640. The first kappa shape index (κ1) is 26.7. The van der Waals surface area contributed by atoms with Gasteiger partial charge in [-0.25, -0.2) is 0 Å². The minimum Gasteiger partial charge on any atom is -0.374 e. The van der Waals surface area contributed by atoms with E-state index in [1.165, 1.54) is 28.4 Å². The van der Waals surface area contributed by atoms with Gasteiger partial charge in [-0.05, 0) is 64.5 Å². The molecule has 0 saturated heterocycles. The Hall–Kier alpha value is -4.94. The number of aromatic nitrogens is 6. The molecule has 0 fully saturated rings. The molecule has 0 bridgehead atoms. The molecule has 2 heterocycles. The molecule has 13 heteroatoms. The van der Waals surface area contributed by atoms with Gasteiger partial charge in [0.2, 0.25) is 16.9 Å². The van der Waals surface area contributed by atoms with Crippen LogP contribution in [0.15, 0.2) is 85.2 Å². The van der Waals surface area contributed by atoms with E-state index < -0.39 is 11.9 Å². The Balaban J connectivity index is 1.31. The van der Waals surface area contributed by atoms with Crippen molar-refractivity contribution in [2.45, 2.75) is 12.5 Å². The number of nitrogens with two attached hydrogens (primary N) is 1. The maximum absolute atomic E-state index is 13.3. The molecule has 0 aliphatic heterocycles. The fourth-order valence-electron chi connectivity index (χ4n) is 3.86. The first-order valence-corrected chi connectivity index (χ1v) is 13.2. The van der Waals surface area contributed by atoms with Crippen LogP contribution in [0.4, 0.5) is 10.8 Å². The average molecular weight is 572 g/mol. The molecule has 0 aliphatic carbocycles. The Morgan fingerprint density at radius 1 is 1.05 bits per heavy atom. The number of anilines is 2. The highest BCUT2D eigenvalue weighted by molar-refractivity contribution is 7.18. The highest BCUT2D eigenvalue weighted by atomic mass is 35.5. The molecule has 40 heavy (non-hydrogen) atoms. The van der Waals surface area contributed by atoms with Gasteiger partial charge < -0.3 is 16.4 Å². The number of hydrogen-bond acceptors (Lipinski definition) is 9. The summed E-state index contributed by atoms with van der Waals surface area (Å²) >= 11 is 7.45. The van der Waals surface area contributed by atoms with E-state index in [4.69, 9.17) is 17.3 Å². The van der Waals surface area contributed by atoms with Crippen LogP contribution in [-0.2, 0) is 16.0 Å². The van der Waals surface area contributed by atoms with Gasteiger partial charge >= 0.3 is 0 Å². The zero-order chi connectivity index (χ0) is 27.9. The van der Waals surface area contributed by atoms with E-state index >= 15 is 0 Å². The predicted molar refractivity (Wildman–Crippen MR) is 154 cm³/mol. The number of nitrogens with one attached hydrogen (secondary N) is 2. The van der Waals surface area contributed by atoms with E-state index in [1.807, 2.05) is 42.5 Å². The fourth-order valence-corrected chi connectivity index (χ4v) is 4.66. The van der Waals surface area contributed by atoms with Crippen molar-refractivity contribution >= 4 is 51.6 Å². The number of amides is 2. The van der Waals surface area contributed by atoms with E-state index in [-0.39, 0.29) is 5.91 Å². The molecule has 1 atom stereocenters. The van der Waals surface area contributed by atoms with Crippen molar-refractivity contribution in [1.29, 1.82) is 0 Å². The topological polar surface area (TPSA) is 154 Å². The minimum atomic E-state index is -0.847. The highest BCUT2D eigenvalue weighted by Gasteiger charge is 2.21. The van der Waals surface area contributed by atoms with E-state index in [0.29, 0.717) is 38.5 Å². The lowest BCUT2D eigenvalue weighted by atomic mass is 10.0. The third-order valence-corrected chi connectivity index (χ3v) is 6.79. The third-order valence-electron chi connectivity index (χ3n) is 5.76. The van der Waals surface area contributed by atoms with Crippen molar-refractivity contribution in [2.24, 2.45) is 0 Å². The minimum absolute atomic E-state index is 0.293. The summed E-state index contributed by atoms with van der Waals surface area (Å²) in [5.74, 6) is -0.821. The van der Waals surface area contributed by atoms with Crippen molar-refractivity contribution in [1.82, 2.24) is 35.7 Å². The lowest BCUT2D eigenvalue weighted by molar-refractivity contribution is -0.123. The van der Waals surface area contributed by atoms with Gasteiger partial charge in [-0.1, -0.05) is 53.3 Å². The van der Waals surface area contributed by atoms with Gasteiger partial charge in [-0.2, -0.15) is 4.68 Å². The highest BCUT2D eigenvalue weighted by Crippen LogP contribution is 2.26. The quantitative estimate of drug-likeness (QED) is 0.226. The van der Waals surface area contributed by atoms with E-state index in [9.17, 15) is 9.59 Å². The van der Waals surface area contributed by atoms with Crippen molar-refractivity contribution in [2.75, 3.05) is 11.1 Å². The standard InChI is InChI=1S/C27H22ClN9O2S/c28-20-9-12-23(37-16-30-35-36-37)19(15-20)8-13-24(38)32-22(14-17-4-2-1-3-5-17)25(39)31-21-10-6-18(7-11-21)26-33-34-27(29)40-26/h1-13,15-16,22H,14H2,(H2,29,34)(H,31,39)(H,32,38). The normalized spacial score (nSPS) is 11.8. The second kappa shape index (κ2) is 12.3. The number of tetrazole rings is 1. The number of hydrogen-bond donors (Lipinski definition) is 3. The van der Waals surface area contributed by atoms with Crippen LogP contribution in [-0.4, -0.2) is 48.3 Å². The summed E-state index contributed by atoms with van der Waals surface area (Å²) in [4.78, 5) is 26.3. The zero-order valence-corrected chi connectivity index (χ0v) is 22.4. The summed E-state index contributed by atoms with van der Waals surface area (Å²) in [6, 6.07) is 20.9. The molecule has 2 amide bonds. The van der Waals surface area contributed by atoms with Crippen molar-refractivity contribution in [3.05, 3.63) is 101 Å².